The molecule has 216 valence electrons. The first-order valence-corrected chi connectivity index (χ1v) is 15.3. The van der Waals surface area contributed by atoms with Crippen LogP contribution in [-0.4, -0.2) is 39.3 Å². The van der Waals surface area contributed by atoms with Crippen LogP contribution in [-0.2, 0) is 23.1 Å². The minimum atomic E-state index is -3.70. The van der Waals surface area contributed by atoms with Gasteiger partial charge >= 0.3 is 0 Å². The summed E-state index contributed by atoms with van der Waals surface area (Å²) in [4.78, 5) is 0.224. The first-order valence-electron chi connectivity index (χ1n) is 13.8. The van der Waals surface area contributed by atoms with E-state index in [-0.39, 0.29) is 11.5 Å². The highest BCUT2D eigenvalue weighted by Crippen LogP contribution is 2.22. The Bertz CT molecular complexity index is 1680. The van der Waals surface area contributed by atoms with Crippen LogP contribution in [0.2, 0.25) is 0 Å². The van der Waals surface area contributed by atoms with Crippen LogP contribution in [0.4, 0.5) is 5.69 Å². The predicted octanol–water partition coefficient (Wildman–Crippen LogP) is 5.79. The van der Waals surface area contributed by atoms with Crippen molar-refractivity contribution in [3.05, 3.63) is 132 Å². The Kier molecular flexibility index (Phi) is 9.71. The Labute approximate surface area is 246 Å². The minimum absolute atomic E-state index is 0.170. The van der Waals surface area contributed by atoms with Crippen molar-refractivity contribution in [1.82, 2.24) is 5.32 Å². The quantitative estimate of drug-likeness (QED) is 0.143. The van der Waals surface area contributed by atoms with Crippen molar-refractivity contribution in [2.45, 2.75) is 24.0 Å². The Morgan fingerprint density at radius 2 is 1.36 bits per heavy atom. The second-order valence-electron chi connectivity index (χ2n) is 9.98. The Hall–Kier alpha value is -4.37. The zero-order chi connectivity index (χ0) is 29.2. The van der Waals surface area contributed by atoms with E-state index in [4.69, 9.17) is 9.47 Å². The third-order valence-corrected chi connectivity index (χ3v) is 8.10. The van der Waals surface area contributed by atoms with Crippen LogP contribution in [0.15, 0.2) is 126 Å². The number of hydrogen-bond acceptors (Lipinski definition) is 6. The van der Waals surface area contributed by atoms with Crippen molar-refractivity contribution in [2.24, 2.45) is 0 Å². The largest absolute Gasteiger partial charge is 0.491 e. The molecule has 5 aromatic rings. The maximum atomic E-state index is 12.9. The normalized spacial score (nSPS) is 12.1. The zero-order valence-corrected chi connectivity index (χ0v) is 24.0. The van der Waals surface area contributed by atoms with E-state index < -0.39 is 16.1 Å². The van der Waals surface area contributed by atoms with Crippen molar-refractivity contribution in [3.8, 4) is 11.5 Å². The molecule has 0 aliphatic carbocycles. The number of aliphatic hydroxyl groups excluding tert-OH is 1. The molecule has 0 bridgehead atoms. The van der Waals surface area contributed by atoms with E-state index in [1.54, 1.807) is 24.3 Å². The summed E-state index contributed by atoms with van der Waals surface area (Å²) in [7, 11) is -3.70. The number of hydrogen-bond donors (Lipinski definition) is 3. The van der Waals surface area contributed by atoms with Crippen molar-refractivity contribution >= 4 is 26.5 Å². The molecule has 5 aromatic carbocycles. The van der Waals surface area contributed by atoms with Gasteiger partial charge in [-0.2, -0.15) is 0 Å². The fourth-order valence-corrected chi connectivity index (χ4v) is 5.51. The molecular formula is C34H34N2O5S. The van der Waals surface area contributed by atoms with Gasteiger partial charge in [0.25, 0.3) is 10.0 Å². The summed E-state index contributed by atoms with van der Waals surface area (Å²) in [6.45, 7) is 1.72. The number of sulfonamides is 1. The SMILES string of the molecule is O=S(=O)(Nc1ccc(CCNC[C@H](O)COc2ccc(OCc3ccccc3)cc2)cc1)c1ccc2ccccc2c1. The van der Waals surface area contributed by atoms with E-state index >= 15 is 0 Å². The van der Waals surface area contributed by atoms with Gasteiger partial charge in [-0.3, -0.25) is 4.72 Å². The Morgan fingerprint density at radius 3 is 2.10 bits per heavy atom. The van der Waals surface area contributed by atoms with Gasteiger partial charge in [-0.15, -0.1) is 0 Å². The molecule has 0 unspecified atom stereocenters. The van der Waals surface area contributed by atoms with Crippen LogP contribution in [0.5, 0.6) is 11.5 Å². The standard InChI is InChI=1S/C34H34N2O5S/c37-31(25-41-33-17-15-32(16-18-33)40-24-27-6-2-1-3-7-27)23-35-21-20-26-10-13-30(14-11-26)36-42(38,39)34-19-12-28-8-4-5-9-29(28)22-34/h1-19,22,31,35-37H,20-21,23-25H2/t31-/m0/s1. The summed E-state index contributed by atoms with van der Waals surface area (Å²) in [5.74, 6) is 1.42. The van der Waals surface area contributed by atoms with Gasteiger partial charge in [0.2, 0.25) is 0 Å². The zero-order valence-electron chi connectivity index (χ0n) is 23.1. The fraction of sp³-hybridized carbons (Fsp3) is 0.176. The smallest absolute Gasteiger partial charge is 0.261 e. The van der Waals surface area contributed by atoms with Gasteiger partial charge in [0.15, 0.2) is 0 Å². The van der Waals surface area contributed by atoms with Crippen molar-refractivity contribution in [1.29, 1.82) is 0 Å². The summed E-state index contributed by atoms with van der Waals surface area (Å²) in [5, 5.41) is 15.4. The number of rotatable bonds is 14. The van der Waals surface area contributed by atoms with Crippen LogP contribution in [0.3, 0.4) is 0 Å². The second-order valence-corrected chi connectivity index (χ2v) is 11.7. The molecule has 0 saturated heterocycles. The molecule has 0 spiro atoms. The summed E-state index contributed by atoms with van der Waals surface area (Å²) in [6.07, 6.45) is 0.0707. The lowest BCUT2D eigenvalue weighted by atomic mass is 10.1. The van der Waals surface area contributed by atoms with Crippen LogP contribution >= 0.6 is 0 Å². The van der Waals surface area contributed by atoms with Crippen LogP contribution < -0.4 is 19.5 Å². The number of benzene rings is 5. The van der Waals surface area contributed by atoms with Gasteiger partial charge in [0, 0.05) is 12.2 Å². The molecule has 7 nitrogen and oxygen atoms in total. The first kappa shape index (κ1) is 29.1. The highest BCUT2D eigenvalue weighted by atomic mass is 32.2. The van der Waals surface area contributed by atoms with Gasteiger partial charge < -0.3 is 19.9 Å². The van der Waals surface area contributed by atoms with Crippen molar-refractivity contribution in [3.63, 3.8) is 0 Å². The molecular weight excluding hydrogens is 548 g/mol. The van der Waals surface area contributed by atoms with Crippen LogP contribution in [0.25, 0.3) is 10.8 Å². The molecule has 0 aromatic heterocycles. The summed E-state index contributed by atoms with van der Waals surface area (Å²) in [6, 6.07) is 37.4. The van der Waals surface area contributed by atoms with E-state index in [0.29, 0.717) is 31.1 Å². The molecule has 0 aliphatic rings. The molecule has 0 aliphatic heterocycles. The maximum Gasteiger partial charge on any atom is 0.261 e. The second kappa shape index (κ2) is 14.0. The lowest BCUT2D eigenvalue weighted by Crippen LogP contribution is -2.32. The maximum absolute atomic E-state index is 12.9. The monoisotopic (exact) mass is 582 g/mol. The molecule has 0 saturated carbocycles. The molecule has 0 heterocycles. The lowest BCUT2D eigenvalue weighted by molar-refractivity contribution is 0.106. The fourth-order valence-electron chi connectivity index (χ4n) is 4.41. The number of fused-ring (bicyclic) bond motifs is 1. The molecule has 1 atom stereocenters. The number of aliphatic hydroxyl groups is 1. The molecule has 42 heavy (non-hydrogen) atoms. The van der Waals surface area contributed by atoms with Crippen LogP contribution in [0, 0.1) is 0 Å². The molecule has 0 fully saturated rings. The molecule has 0 radical (unpaired) electrons. The van der Waals surface area contributed by atoms with Gasteiger partial charge in [-0.05, 0) is 83.4 Å². The third kappa shape index (κ3) is 8.33. The van der Waals surface area contributed by atoms with E-state index in [1.165, 1.54) is 0 Å². The number of ether oxygens (including phenoxy) is 2. The van der Waals surface area contributed by atoms with Gasteiger partial charge in [-0.1, -0.05) is 72.8 Å². The highest BCUT2D eigenvalue weighted by molar-refractivity contribution is 7.92. The topological polar surface area (TPSA) is 96.9 Å². The van der Waals surface area contributed by atoms with Crippen LogP contribution in [0.1, 0.15) is 11.1 Å². The van der Waals surface area contributed by atoms with E-state index in [0.717, 1.165) is 34.1 Å². The van der Waals surface area contributed by atoms with Gasteiger partial charge in [0.1, 0.15) is 30.8 Å². The minimum Gasteiger partial charge on any atom is -0.491 e. The summed E-state index contributed by atoms with van der Waals surface area (Å²) < 4.78 is 39.9. The number of nitrogens with one attached hydrogen (secondary N) is 2. The summed E-state index contributed by atoms with van der Waals surface area (Å²) >= 11 is 0. The van der Waals surface area contributed by atoms with E-state index in [9.17, 15) is 13.5 Å². The molecule has 8 heteroatoms. The Morgan fingerprint density at radius 1 is 0.690 bits per heavy atom. The molecule has 3 N–H and O–H groups in total. The molecule has 5 rings (SSSR count). The average Bonchev–Trinajstić information content (AvgIpc) is 3.02. The first-order chi connectivity index (χ1) is 20.4. The Balaban J connectivity index is 1.00. The lowest BCUT2D eigenvalue weighted by Gasteiger charge is -2.14. The average molecular weight is 583 g/mol. The van der Waals surface area contributed by atoms with Crippen molar-refractivity contribution < 1.29 is 23.0 Å². The van der Waals surface area contributed by atoms with E-state index in [1.807, 2.05) is 97.1 Å². The van der Waals surface area contributed by atoms with Crippen molar-refractivity contribution in [2.75, 3.05) is 24.4 Å². The van der Waals surface area contributed by atoms with E-state index in [2.05, 4.69) is 10.0 Å². The van der Waals surface area contributed by atoms with Gasteiger partial charge in [0.05, 0.1) is 4.90 Å². The summed E-state index contributed by atoms with van der Waals surface area (Å²) in [5.41, 5.74) is 2.66. The molecule has 0 amide bonds. The predicted molar refractivity (Wildman–Crippen MR) is 166 cm³/mol. The van der Waals surface area contributed by atoms with Gasteiger partial charge in [-0.25, -0.2) is 8.42 Å². The third-order valence-electron chi connectivity index (χ3n) is 6.72. The number of anilines is 1. The highest BCUT2D eigenvalue weighted by Gasteiger charge is 2.15.